The number of aliphatic hydroxyl groups excluding tert-OH is 1. The molecule has 5 heteroatoms. The van der Waals surface area contributed by atoms with Crippen LogP contribution in [0.2, 0.25) is 0 Å². The van der Waals surface area contributed by atoms with E-state index in [9.17, 15) is 14.7 Å². The highest BCUT2D eigenvalue weighted by Gasteiger charge is 2.50. The Balaban J connectivity index is 1.70. The van der Waals surface area contributed by atoms with Crippen LogP contribution in [-0.4, -0.2) is 35.4 Å². The van der Waals surface area contributed by atoms with Crippen molar-refractivity contribution < 1.29 is 24.2 Å². The summed E-state index contributed by atoms with van der Waals surface area (Å²) < 4.78 is 11.2. The van der Waals surface area contributed by atoms with Gasteiger partial charge in [0, 0.05) is 18.3 Å². The first-order chi connectivity index (χ1) is 13.8. The predicted octanol–water partition coefficient (Wildman–Crippen LogP) is 4.07. The molecular formula is C24H30O5. The van der Waals surface area contributed by atoms with Crippen molar-refractivity contribution in [2.75, 3.05) is 0 Å². The predicted molar refractivity (Wildman–Crippen MR) is 110 cm³/mol. The van der Waals surface area contributed by atoms with Gasteiger partial charge in [-0.2, -0.15) is 0 Å². The minimum atomic E-state index is -0.604. The van der Waals surface area contributed by atoms with Crippen molar-refractivity contribution in [2.45, 2.75) is 58.3 Å². The van der Waals surface area contributed by atoms with E-state index in [-0.39, 0.29) is 41.9 Å². The molecule has 1 heterocycles. The third kappa shape index (κ3) is 5.36. The van der Waals surface area contributed by atoms with E-state index in [1.807, 2.05) is 32.9 Å². The Kier molecular flexibility index (Phi) is 6.91. The summed E-state index contributed by atoms with van der Waals surface area (Å²) in [5.74, 6) is -0.677. The molecule has 1 aromatic rings. The highest BCUT2D eigenvalue weighted by Crippen LogP contribution is 2.43. The molecule has 6 atom stereocenters. The van der Waals surface area contributed by atoms with E-state index in [1.165, 1.54) is 5.57 Å². The molecule has 1 aliphatic heterocycles. The molecule has 0 bridgehead atoms. The van der Waals surface area contributed by atoms with E-state index in [4.69, 9.17) is 9.47 Å². The number of carbonyl (C=O) groups is 2. The summed E-state index contributed by atoms with van der Waals surface area (Å²) >= 11 is 0. The monoisotopic (exact) mass is 398 g/mol. The molecule has 5 nitrogen and oxygen atoms in total. The van der Waals surface area contributed by atoms with Crippen molar-refractivity contribution in [3.05, 3.63) is 59.7 Å². The molecule has 1 aliphatic carbocycles. The maximum atomic E-state index is 12.5. The number of fused-ring (bicyclic) bond motifs is 1. The van der Waals surface area contributed by atoms with Gasteiger partial charge >= 0.3 is 11.9 Å². The van der Waals surface area contributed by atoms with Gasteiger partial charge in [0.2, 0.25) is 0 Å². The Morgan fingerprint density at radius 1 is 1.31 bits per heavy atom. The molecule has 0 amide bonds. The van der Waals surface area contributed by atoms with Crippen molar-refractivity contribution in [3.63, 3.8) is 0 Å². The van der Waals surface area contributed by atoms with Gasteiger partial charge in [0.25, 0.3) is 0 Å². The first-order valence-corrected chi connectivity index (χ1v) is 10.3. The van der Waals surface area contributed by atoms with Crippen LogP contribution < -0.4 is 0 Å². The molecule has 1 N–H and O–H groups in total. The normalized spacial score (nSPS) is 27.9. The Morgan fingerprint density at radius 2 is 2.03 bits per heavy atom. The summed E-state index contributed by atoms with van der Waals surface area (Å²) in [6.45, 7) is 6.08. The second-order valence-corrected chi connectivity index (χ2v) is 8.39. The van der Waals surface area contributed by atoms with Crippen LogP contribution in [0.5, 0.6) is 0 Å². The van der Waals surface area contributed by atoms with Gasteiger partial charge in [0.15, 0.2) is 0 Å². The third-order valence-corrected chi connectivity index (χ3v) is 5.83. The van der Waals surface area contributed by atoms with Gasteiger partial charge in [-0.15, -0.1) is 0 Å². The average molecular weight is 398 g/mol. The summed E-state index contributed by atoms with van der Waals surface area (Å²) in [6, 6.07) is 8.88. The van der Waals surface area contributed by atoms with Crippen LogP contribution in [0.25, 0.3) is 0 Å². The summed E-state index contributed by atoms with van der Waals surface area (Å²) in [4.78, 5) is 24.3. The van der Waals surface area contributed by atoms with Gasteiger partial charge in [-0.25, -0.2) is 4.79 Å². The van der Waals surface area contributed by atoms with E-state index in [0.29, 0.717) is 18.4 Å². The van der Waals surface area contributed by atoms with Crippen LogP contribution in [0.4, 0.5) is 0 Å². The van der Waals surface area contributed by atoms with Crippen LogP contribution in [0.3, 0.4) is 0 Å². The molecule has 1 aromatic carbocycles. The second kappa shape index (κ2) is 9.40. The van der Waals surface area contributed by atoms with Crippen molar-refractivity contribution in [1.29, 1.82) is 0 Å². The lowest BCUT2D eigenvalue weighted by atomic mass is 9.90. The molecule has 2 aliphatic rings. The fourth-order valence-corrected chi connectivity index (χ4v) is 4.06. The molecule has 0 radical (unpaired) electrons. The van der Waals surface area contributed by atoms with Crippen LogP contribution in [0.15, 0.2) is 54.1 Å². The maximum absolute atomic E-state index is 12.5. The molecule has 1 saturated carbocycles. The van der Waals surface area contributed by atoms with Gasteiger partial charge in [-0.3, -0.25) is 4.79 Å². The topological polar surface area (TPSA) is 72.8 Å². The first-order valence-electron chi connectivity index (χ1n) is 10.3. The van der Waals surface area contributed by atoms with E-state index in [1.54, 1.807) is 30.3 Å². The largest absolute Gasteiger partial charge is 0.462 e. The lowest BCUT2D eigenvalue weighted by Gasteiger charge is -2.21. The lowest BCUT2D eigenvalue weighted by molar-refractivity contribution is -0.141. The SMILES string of the molecule is CC(C)=CCC(C)[C@H](O)/C=C/[C@@H]1[C@H]2CC(=O)O[C@H]2C[C@H]1OC(=O)c1ccccc1. The van der Waals surface area contributed by atoms with Gasteiger partial charge in [0.1, 0.15) is 12.2 Å². The van der Waals surface area contributed by atoms with Gasteiger partial charge in [-0.05, 0) is 38.3 Å². The number of ether oxygens (including phenoxy) is 2. The van der Waals surface area contributed by atoms with Crippen molar-refractivity contribution >= 4 is 11.9 Å². The first kappa shape index (κ1) is 21.3. The molecule has 0 aromatic heterocycles. The molecule has 3 rings (SSSR count). The standard InChI is InChI=1S/C24H30O5/c1-15(2)9-10-16(3)20(25)12-11-18-19-13-23(26)28-22(19)14-21(18)29-24(27)17-7-5-4-6-8-17/h4-9,11-12,16,18-22,25H,10,13-14H2,1-3H3/b12-11+/t16?,18-,19-,20-,21-,22+/m1/s1. The Morgan fingerprint density at radius 3 is 2.72 bits per heavy atom. The van der Waals surface area contributed by atoms with E-state index < -0.39 is 6.10 Å². The number of esters is 2. The summed E-state index contributed by atoms with van der Waals surface area (Å²) in [5.41, 5.74) is 1.72. The summed E-state index contributed by atoms with van der Waals surface area (Å²) in [6.07, 6.45) is 6.21. The molecule has 29 heavy (non-hydrogen) atoms. The molecular weight excluding hydrogens is 368 g/mol. The van der Waals surface area contributed by atoms with Gasteiger partial charge < -0.3 is 14.6 Å². The molecule has 1 saturated heterocycles. The van der Waals surface area contributed by atoms with Crippen LogP contribution in [0.1, 0.15) is 50.4 Å². The fraction of sp³-hybridized carbons (Fsp3) is 0.500. The number of aliphatic hydroxyl groups is 1. The maximum Gasteiger partial charge on any atom is 0.338 e. The molecule has 1 unspecified atom stereocenters. The number of benzene rings is 1. The highest BCUT2D eigenvalue weighted by molar-refractivity contribution is 5.89. The van der Waals surface area contributed by atoms with Crippen LogP contribution in [0, 0.1) is 17.8 Å². The van der Waals surface area contributed by atoms with E-state index in [2.05, 4.69) is 6.08 Å². The quantitative estimate of drug-likeness (QED) is 0.554. The Hall–Kier alpha value is -2.40. The molecule has 2 fully saturated rings. The number of rotatable bonds is 7. The number of hydrogen-bond donors (Lipinski definition) is 1. The van der Waals surface area contributed by atoms with Gasteiger partial charge in [0.05, 0.1) is 18.1 Å². The highest BCUT2D eigenvalue weighted by atomic mass is 16.6. The minimum Gasteiger partial charge on any atom is -0.462 e. The zero-order chi connectivity index (χ0) is 21.0. The fourth-order valence-electron chi connectivity index (χ4n) is 4.06. The van der Waals surface area contributed by atoms with Crippen molar-refractivity contribution in [2.24, 2.45) is 17.8 Å². The van der Waals surface area contributed by atoms with Crippen molar-refractivity contribution in [3.8, 4) is 0 Å². The van der Waals surface area contributed by atoms with E-state index in [0.717, 1.165) is 6.42 Å². The van der Waals surface area contributed by atoms with Crippen LogP contribution >= 0.6 is 0 Å². The number of hydrogen-bond acceptors (Lipinski definition) is 5. The minimum absolute atomic E-state index is 0.0207. The van der Waals surface area contributed by atoms with E-state index >= 15 is 0 Å². The smallest absolute Gasteiger partial charge is 0.338 e. The van der Waals surface area contributed by atoms with Crippen LogP contribution in [-0.2, 0) is 14.3 Å². The lowest BCUT2D eigenvalue weighted by Crippen LogP contribution is -2.25. The summed E-state index contributed by atoms with van der Waals surface area (Å²) in [7, 11) is 0. The van der Waals surface area contributed by atoms with Crippen molar-refractivity contribution in [1.82, 2.24) is 0 Å². The zero-order valence-electron chi connectivity index (χ0n) is 17.3. The number of carbonyl (C=O) groups excluding carboxylic acids is 2. The number of allylic oxidation sites excluding steroid dienone is 2. The summed E-state index contributed by atoms with van der Waals surface area (Å²) in [5, 5.41) is 10.5. The molecule has 156 valence electrons. The van der Waals surface area contributed by atoms with Gasteiger partial charge in [-0.1, -0.05) is 48.9 Å². The Labute approximate surface area is 172 Å². The third-order valence-electron chi connectivity index (χ3n) is 5.83. The second-order valence-electron chi connectivity index (χ2n) is 8.39. The Bertz CT molecular complexity index is 778. The molecule has 0 spiro atoms. The zero-order valence-corrected chi connectivity index (χ0v) is 17.3. The average Bonchev–Trinajstić information content (AvgIpc) is 3.20.